The minimum absolute atomic E-state index is 0.320. The van der Waals surface area contributed by atoms with Crippen LogP contribution < -0.4 is 4.72 Å². The summed E-state index contributed by atoms with van der Waals surface area (Å²) in [6.07, 6.45) is 2.46. The molecular weight excluding hydrogens is 328 g/mol. The summed E-state index contributed by atoms with van der Waals surface area (Å²) in [4.78, 5) is 4.34. The third-order valence-electron chi connectivity index (χ3n) is 2.51. The molecule has 0 aliphatic carbocycles. The van der Waals surface area contributed by atoms with E-state index in [0.717, 1.165) is 16.6 Å². The second-order valence-corrected chi connectivity index (χ2v) is 8.84. The lowest BCUT2D eigenvalue weighted by atomic mass is 10.1. The Morgan fingerprint density at radius 2 is 2.11 bits per heavy atom. The maximum atomic E-state index is 12.2. The van der Waals surface area contributed by atoms with Crippen molar-refractivity contribution in [2.45, 2.75) is 44.0 Å². The van der Waals surface area contributed by atoms with Gasteiger partial charge in [-0.15, -0.1) is 0 Å². The van der Waals surface area contributed by atoms with Gasteiger partial charge in [-0.05, 0) is 39.3 Å². The number of halogens is 1. The highest BCUT2D eigenvalue weighted by Crippen LogP contribution is 2.24. The SMILES string of the molecule is CC[C@@]([Si])(N[S@](=O)C(C)(C)C)c1cc(Br)ccn1. The summed E-state index contributed by atoms with van der Waals surface area (Å²) in [6.45, 7) is 7.83. The first kappa shape index (κ1) is 16.0. The van der Waals surface area contributed by atoms with Crippen LogP contribution in [-0.4, -0.2) is 24.2 Å². The summed E-state index contributed by atoms with van der Waals surface area (Å²) >= 11 is 3.42. The van der Waals surface area contributed by atoms with Crippen LogP contribution in [0.3, 0.4) is 0 Å². The molecule has 99 valence electrons. The Bertz CT molecular complexity index is 450. The van der Waals surface area contributed by atoms with Crippen LogP contribution >= 0.6 is 15.9 Å². The van der Waals surface area contributed by atoms with Crippen LogP contribution in [0.1, 0.15) is 39.8 Å². The molecule has 18 heavy (non-hydrogen) atoms. The number of nitrogens with one attached hydrogen (secondary N) is 1. The summed E-state index contributed by atoms with van der Waals surface area (Å²) in [5.74, 6) is 0. The van der Waals surface area contributed by atoms with Gasteiger partial charge in [-0.25, -0.2) is 8.93 Å². The van der Waals surface area contributed by atoms with Crippen molar-refractivity contribution in [2.24, 2.45) is 0 Å². The first-order valence-electron chi connectivity index (χ1n) is 5.76. The quantitative estimate of drug-likeness (QED) is 0.852. The smallest absolute Gasteiger partial charge is 0.0975 e. The van der Waals surface area contributed by atoms with Crippen molar-refractivity contribution in [3.8, 4) is 0 Å². The van der Waals surface area contributed by atoms with Crippen LogP contribution in [0.2, 0.25) is 0 Å². The number of nitrogens with zero attached hydrogens (tertiary/aromatic N) is 1. The molecule has 3 nitrogen and oxygen atoms in total. The van der Waals surface area contributed by atoms with Gasteiger partial charge >= 0.3 is 0 Å². The lowest BCUT2D eigenvalue weighted by molar-refractivity contribution is 0.525. The molecule has 1 N–H and O–H groups in total. The maximum absolute atomic E-state index is 12.2. The number of aromatic nitrogens is 1. The van der Waals surface area contributed by atoms with E-state index in [1.165, 1.54) is 0 Å². The molecule has 0 bridgehead atoms. The molecule has 1 aromatic rings. The van der Waals surface area contributed by atoms with Crippen molar-refractivity contribution < 1.29 is 4.21 Å². The predicted octanol–water partition coefficient (Wildman–Crippen LogP) is 2.63. The summed E-state index contributed by atoms with van der Waals surface area (Å²) in [6, 6.07) is 3.79. The van der Waals surface area contributed by atoms with Gasteiger partial charge in [-0.3, -0.25) is 4.98 Å². The molecule has 1 rings (SSSR count). The molecule has 0 aliphatic heterocycles. The van der Waals surface area contributed by atoms with Crippen LogP contribution in [0.15, 0.2) is 22.8 Å². The Labute approximate surface area is 123 Å². The van der Waals surface area contributed by atoms with Crippen molar-refractivity contribution in [3.63, 3.8) is 0 Å². The second kappa shape index (κ2) is 5.94. The van der Waals surface area contributed by atoms with Crippen molar-refractivity contribution in [3.05, 3.63) is 28.5 Å². The van der Waals surface area contributed by atoms with Crippen molar-refractivity contribution in [1.82, 2.24) is 9.71 Å². The summed E-state index contributed by atoms with van der Waals surface area (Å²) < 4.78 is 16.0. The zero-order valence-corrected chi connectivity index (χ0v) is 14.5. The molecule has 0 spiro atoms. The van der Waals surface area contributed by atoms with E-state index in [1.807, 2.05) is 39.8 Å². The van der Waals surface area contributed by atoms with Gasteiger partial charge in [0, 0.05) is 10.7 Å². The highest BCUT2D eigenvalue weighted by molar-refractivity contribution is 9.10. The number of hydrogen-bond acceptors (Lipinski definition) is 2. The normalized spacial score (nSPS) is 17.2. The van der Waals surface area contributed by atoms with E-state index >= 15 is 0 Å². The summed E-state index contributed by atoms with van der Waals surface area (Å²) in [5.41, 5.74) is 0.814. The van der Waals surface area contributed by atoms with E-state index in [2.05, 4.69) is 35.9 Å². The number of pyridine rings is 1. The van der Waals surface area contributed by atoms with Crippen molar-refractivity contribution in [1.29, 1.82) is 0 Å². The zero-order valence-electron chi connectivity index (χ0n) is 11.1. The third-order valence-corrected chi connectivity index (χ3v) is 5.57. The molecule has 0 amide bonds. The Kier molecular flexibility index (Phi) is 5.29. The van der Waals surface area contributed by atoms with Crippen LogP contribution in [0.5, 0.6) is 0 Å². The molecular formula is C12H18BrN2OSSi. The van der Waals surface area contributed by atoms with Gasteiger partial charge in [0.05, 0.1) is 36.8 Å². The molecule has 3 radical (unpaired) electrons. The fraction of sp³-hybridized carbons (Fsp3) is 0.583. The third kappa shape index (κ3) is 3.98. The highest BCUT2D eigenvalue weighted by atomic mass is 79.9. The molecule has 1 heterocycles. The number of rotatable bonds is 4. The highest BCUT2D eigenvalue weighted by Gasteiger charge is 2.32. The minimum Gasteiger partial charge on any atom is -0.260 e. The first-order valence-corrected chi connectivity index (χ1v) is 8.20. The standard InChI is InChI=1S/C12H18BrN2OSSi/c1-5-12(18,15-17(16)11(2,3)4)10-8-9(13)6-7-14-10/h6-8,15H,5H2,1-4H3/t12-,17+/m0/s1. The molecule has 0 saturated carbocycles. The molecule has 0 saturated heterocycles. The van der Waals surface area contributed by atoms with Crippen LogP contribution in [0.25, 0.3) is 0 Å². The van der Waals surface area contributed by atoms with E-state index in [4.69, 9.17) is 0 Å². The summed E-state index contributed by atoms with van der Waals surface area (Å²) in [7, 11) is 2.52. The summed E-state index contributed by atoms with van der Waals surface area (Å²) in [5, 5.41) is -0.581. The van der Waals surface area contributed by atoms with Crippen molar-refractivity contribution in [2.75, 3.05) is 0 Å². The Morgan fingerprint density at radius 3 is 2.56 bits per heavy atom. The molecule has 2 atom stereocenters. The van der Waals surface area contributed by atoms with Gasteiger partial charge in [-0.1, -0.05) is 22.9 Å². The Balaban J connectivity index is 3.03. The van der Waals surface area contributed by atoms with Gasteiger partial charge < -0.3 is 0 Å². The van der Waals surface area contributed by atoms with Crippen LogP contribution in [-0.2, 0) is 16.1 Å². The van der Waals surface area contributed by atoms with E-state index in [-0.39, 0.29) is 4.75 Å². The molecule has 0 aromatic carbocycles. The zero-order chi connectivity index (χ0) is 14.0. The van der Waals surface area contributed by atoms with Crippen molar-refractivity contribution >= 4 is 37.2 Å². The molecule has 0 unspecified atom stereocenters. The first-order chi connectivity index (χ1) is 8.19. The molecule has 1 aromatic heterocycles. The molecule has 6 heteroatoms. The average molecular weight is 346 g/mol. The Hall–Kier alpha value is -0.0431. The van der Waals surface area contributed by atoms with E-state index in [0.29, 0.717) is 0 Å². The molecule has 0 fully saturated rings. The number of hydrogen-bond donors (Lipinski definition) is 1. The van der Waals surface area contributed by atoms with Gasteiger partial charge in [0.1, 0.15) is 0 Å². The van der Waals surface area contributed by atoms with Gasteiger partial charge in [-0.2, -0.15) is 0 Å². The maximum Gasteiger partial charge on any atom is 0.0975 e. The van der Waals surface area contributed by atoms with Gasteiger partial charge in [0.25, 0.3) is 0 Å². The fourth-order valence-corrected chi connectivity index (χ4v) is 2.88. The van der Waals surface area contributed by atoms with E-state index in [9.17, 15) is 4.21 Å². The van der Waals surface area contributed by atoms with Gasteiger partial charge in [0.15, 0.2) is 0 Å². The average Bonchev–Trinajstić information content (AvgIpc) is 2.27. The lowest BCUT2D eigenvalue weighted by Crippen LogP contribution is -2.48. The van der Waals surface area contributed by atoms with E-state index in [1.54, 1.807) is 6.20 Å². The molecule has 0 aliphatic rings. The van der Waals surface area contributed by atoms with Crippen LogP contribution in [0, 0.1) is 0 Å². The van der Waals surface area contributed by atoms with Crippen LogP contribution in [0.4, 0.5) is 0 Å². The topological polar surface area (TPSA) is 42.0 Å². The lowest BCUT2D eigenvalue weighted by Gasteiger charge is -2.32. The van der Waals surface area contributed by atoms with E-state index < -0.39 is 16.1 Å². The largest absolute Gasteiger partial charge is 0.260 e. The van der Waals surface area contributed by atoms with Gasteiger partial charge in [0.2, 0.25) is 0 Å². The Morgan fingerprint density at radius 1 is 1.50 bits per heavy atom. The predicted molar refractivity (Wildman–Crippen MR) is 80.7 cm³/mol. The minimum atomic E-state index is -1.17. The monoisotopic (exact) mass is 345 g/mol. The second-order valence-electron chi connectivity index (χ2n) is 5.10. The fourth-order valence-electron chi connectivity index (χ4n) is 1.26.